The van der Waals surface area contributed by atoms with Gasteiger partial charge in [0.2, 0.25) is 0 Å². The Morgan fingerprint density at radius 3 is 2.70 bits per heavy atom. The third-order valence-electron chi connectivity index (χ3n) is 4.11. The van der Waals surface area contributed by atoms with E-state index in [1.165, 1.54) is 0 Å². The fourth-order valence-corrected chi connectivity index (χ4v) is 2.75. The molecule has 2 aromatic heterocycles. The minimum absolute atomic E-state index is 0.0264. The number of aryl methyl sites for hydroxylation is 2. The molecule has 1 amide bonds. The first-order chi connectivity index (χ1) is 11.2. The molecule has 23 heavy (non-hydrogen) atoms. The van der Waals surface area contributed by atoms with Crippen LogP contribution in [0.15, 0.2) is 28.7 Å². The molecule has 0 bridgehead atoms. The zero-order chi connectivity index (χ0) is 16.2. The fourth-order valence-electron chi connectivity index (χ4n) is 2.75. The van der Waals surface area contributed by atoms with E-state index < -0.39 is 0 Å². The van der Waals surface area contributed by atoms with Gasteiger partial charge in [0.05, 0.1) is 5.69 Å². The van der Waals surface area contributed by atoms with E-state index in [0.29, 0.717) is 12.3 Å². The summed E-state index contributed by atoms with van der Waals surface area (Å²) in [5.41, 5.74) is 0.907. The molecule has 0 spiro atoms. The third-order valence-corrected chi connectivity index (χ3v) is 4.11. The van der Waals surface area contributed by atoms with E-state index in [1.54, 1.807) is 6.07 Å². The van der Waals surface area contributed by atoms with Crippen LogP contribution in [0, 0.1) is 6.92 Å². The van der Waals surface area contributed by atoms with Gasteiger partial charge in [0.25, 0.3) is 5.91 Å². The Morgan fingerprint density at radius 1 is 1.13 bits per heavy atom. The Hall–Kier alpha value is -2.37. The van der Waals surface area contributed by atoms with E-state index in [4.69, 9.17) is 4.42 Å². The highest BCUT2D eigenvalue weighted by atomic mass is 16.4. The number of anilines is 1. The third kappa shape index (κ3) is 3.52. The van der Waals surface area contributed by atoms with Crippen LogP contribution in [0.4, 0.5) is 5.82 Å². The van der Waals surface area contributed by atoms with Crippen LogP contribution in [-0.2, 0) is 6.42 Å². The smallest absolute Gasteiger partial charge is 0.289 e. The first-order valence-corrected chi connectivity index (χ1v) is 8.10. The second kappa shape index (κ2) is 6.81. The van der Waals surface area contributed by atoms with Crippen LogP contribution in [0.25, 0.3) is 0 Å². The van der Waals surface area contributed by atoms with Crippen LogP contribution in [0.2, 0.25) is 0 Å². The second-order valence-corrected chi connectivity index (χ2v) is 5.79. The highest BCUT2D eigenvalue weighted by Gasteiger charge is 2.23. The van der Waals surface area contributed by atoms with E-state index in [2.05, 4.69) is 15.1 Å². The Bertz CT molecular complexity index is 665. The van der Waals surface area contributed by atoms with Crippen LogP contribution in [0.1, 0.15) is 35.4 Å². The number of carbonyl (C=O) groups excluding carboxylic acids is 1. The standard InChI is InChI=1S/C17H22N4O2/c1-3-14-6-7-15(23-14)17(22)21-10-4-9-20(11-12-21)16-8-5-13(2)18-19-16/h5-8H,3-4,9-12H2,1-2H3. The first kappa shape index (κ1) is 15.5. The largest absolute Gasteiger partial charge is 0.456 e. The SMILES string of the molecule is CCc1ccc(C(=O)N2CCCN(c3ccc(C)nn3)CC2)o1. The fraction of sp³-hybridized carbons (Fsp3) is 0.471. The topological polar surface area (TPSA) is 62.5 Å². The molecular weight excluding hydrogens is 292 g/mol. The van der Waals surface area contributed by atoms with Gasteiger partial charge in [-0.25, -0.2) is 0 Å². The highest BCUT2D eigenvalue weighted by Crippen LogP contribution is 2.16. The minimum Gasteiger partial charge on any atom is -0.456 e. The van der Waals surface area contributed by atoms with E-state index >= 15 is 0 Å². The summed E-state index contributed by atoms with van der Waals surface area (Å²) in [6, 6.07) is 7.60. The molecule has 122 valence electrons. The average molecular weight is 314 g/mol. The van der Waals surface area contributed by atoms with Crippen molar-refractivity contribution in [1.29, 1.82) is 0 Å². The number of hydrogen-bond acceptors (Lipinski definition) is 5. The first-order valence-electron chi connectivity index (χ1n) is 8.10. The highest BCUT2D eigenvalue weighted by molar-refractivity contribution is 5.91. The maximum absolute atomic E-state index is 12.6. The lowest BCUT2D eigenvalue weighted by Gasteiger charge is -2.22. The molecular formula is C17H22N4O2. The van der Waals surface area contributed by atoms with Gasteiger partial charge < -0.3 is 14.2 Å². The van der Waals surface area contributed by atoms with Gasteiger partial charge in [0.15, 0.2) is 11.6 Å². The van der Waals surface area contributed by atoms with Crippen molar-refractivity contribution in [2.24, 2.45) is 0 Å². The quantitative estimate of drug-likeness (QED) is 0.870. The lowest BCUT2D eigenvalue weighted by Crippen LogP contribution is -2.35. The molecule has 0 aromatic carbocycles. The number of nitrogens with zero attached hydrogens (tertiary/aromatic N) is 4. The molecule has 2 aromatic rings. The molecule has 0 N–H and O–H groups in total. The zero-order valence-electron chi connectivity index (χ0n) is 13.7. The maximum Gasteiger partial charge on any atom is 0.289 e. The molecule has 3 heterocycles. The predicted octanol–water partition coefficient (Wildman–Crippen LogP) is 2.29. The van der Waals surface area contributed by atoms with E-state index in [9.17, 15) is 4.79 Å². The Labute approximate surface area is 136 Å². The van der Waals surface area contributed by atoms with Crippen LogP contribution in [-0.4, -0.2) is 47.2 Å². The lowest BCUT2D eigenvalue weighted by atomic mass is 10.3. The molecule has 6 nitrogen and oxygen atoms in total. The summed E-state index contributed by atoms with van der Waals surface area (Å²) in [7, 11) is 0. The van der Waals surface area contributed by atoms with Gasteiger partial charge in [0.1, 0.15) is 5.76 Å². The number of furan rings is 1. The zero-order valence-corrected chi connectivity index (χ0v) is 13.7. The van der Waals surface area contributed by atoms with Gasteiger partial charge in [-0.1, -0.05) is 6.92 Å². The molecule has 0 saturated carbocycles. The summed E-state index contributed by atoms with van der Waals surface area (Å²) >= 11 is 0. The van der Waals surface area contributed by atoms with Gasteiger partial charge in [-0.05, 0) is 37.6 Å². The molecule has 0 unspecified atom stereocenters. The van der Waals surface area contributed by atoms with Crippen LogP contribution >= 0.6 is 0 Å². The number of carbonyl (C=O) groups is 1. The van der Waals surface area contributed by atoms with Crippen molar-refractivity contribution >= 4 is 11.7 Å². The Balaban J connectivity index is 1.66. The summed E-state index contributed by atoms with van der Waals surface area (Å²) < 4.78 is 5.59. The van der Waals surface area contributed by atoms with Crippen molar-refractivity contribution in [1.82, 2.24) is 15.1 Å². The van der Waals surface area contributed by atoms with Crippen molar-refractivity contribution in [3.63, 3.8) is 0 Å². The normalized spacial score (nSPS) is 15.6. The summed E-state index contributed by atoms with van der Waals surface area (Å²) in [4.78, 5) is 16.6. The van der Waals surface area contributed by atoms with Gasteiger partial charge in [-0.3, -0.25) is 4.79 Å². The van der Waals surface area contributed by atoms with Gasteiger partial charge in [-0.15, -0.1) is 5.10 Å². The molecule has 1 aliphatic heterocycles. The second-order valence-electron chi connectivity index (χ2n) is 5.79. The van der Waals surface area contributed by atoms with Crippen molar-refractivity contribution in [3.05, 3.63) is 41.5 Å². The maximum atomic E-state index is 12.6. The van der Waals surface area contributed by atoms with E-state index in [-0.39, 0.29) is 5.91 Å². The molecule has 1 fully saturated rings. The van der Waals surface area contributed by atoms with Crippen molar-refractivity contribution in [3.8, 4) is 0 Å². The van der Waals surface area contributed by atoms with Gasteiger partial charge in [0, 0.05) is 32.6 Å². The summed E-state index contributed by atoms with van der Waals surface area (Å²) in [6.45, 7) is 6.96. The summed E-state index contributed by atoms with van der Waals surface area (Å²) in [5.74, 6) is 2.13. The molecule has 3 rings (SSSR count). The van der Waals surface area contributed by atoms with Crippen LogP contribution in [0.5, 0.6) is 0 Å². The monoisotopic (exact) mass is 314 g/mol. The van der Waals surface area contributed by atoms with Crippen molar-refractivity contribution in [2.75, 3.05) is 31.1 Å². The number of rotatable bonds is 3. The molecule has 0 atom stereocenters. The number of amides is 1. The molecule has 1 aliphatic rings. The van der Waals surface area contributed by atoms with E-state index in [0.717, 1.165) is 49.7 Å². The van der Waals surface area contributed by atoms with Crippen LogP contribution in [0.3, 0.4) is 0 Å². The van der Waals surface area contributed by atoms with E-state index in [1.807, 2.05) is 36.9 Å². The van der Waals surface area contributed by atoms with Crippen molar-refractivity contribution < 1.29 is 9.21 Å². The van der Waals surface area contributed by atoms with Crippen molar-refractivity contribution in [2.45, 2.75) is 26.7 Å². The average Bonchev–Trinajstić information content (AvgIpc) is 2.92. The Morgan fingerprint density at radius 2 is 2.00 bits per heavy atom. The minimum atomic E-state index is -0.0264. The Kier molecular flexibility index (Phi) is 4.60. The molecule has 1 saturated heterocycles. The van der Waals surface area contributed by atoms with Crippen LogP contribution < -0.4 is 4.90 Å². The number of hydrogen-bond donors (Lipinski definition) is 0. The summed E-state index contributed by atoms with van der Waals surface area (Å²) in [6.07, 6.45) is 1.70. The number of aromatic nitrogens is 2. The van der Waals surface area contributed by atoms with Gasteiger partial charge >= 0.3 is 0 Å². The lowest BCUT2D eigenvalue weighted by molar-refractivity contribution is 0.0733. The molecule has 6 heteroatoms. The molecule has 0 radical (unpaired) electrons. The van der Waals surface area contributed by atoms with Gasteiger partial charge in [-0.2, -0.15) is 5.10 Å². The molecule has 0 aliphatic carbocycles. The predicted molar refractivity (Wildman–Crippen MR) is 87.6 cm³/mol. The summed E-state index contributed by atoms with van der Waals surface area (Å²) in [5, 5.41) is 8.35.